The highest BCUT2D eigenvalue weighted by molar-refractivity contribution is 6.02. The summed E-state index contributed by atoms with van der Waals surface area (Å²) in [7, 11) is 0. The second-order valence-electron chi connectivity index (χ2n) is 10.8. The van der Waals surface area contributed by atoms with Crippen LogP contribution in [0.4, 0.5) is 5.69 Å². The molecule has 210 valence electrons. The molecular weight excluding hydrogens is 486 g/mol. The van der Waals surface area contributed by atoms with Gasteiger partial charge in [0.1, 0.15) is 17.4 Å². The smallest absolute Gasteiger partial charge is 0.245 e. The quantitative estimate of drug-likeness (QED) is 0.338. The molecule has 6 atom stereocenters. The maximum atomic E-state index is 14.1. The Kier molecular flexibility index (Phi) is 8.67. The Labute approximate surface area is 225 Å². The van der Waals surface area contributed by atoms with Crippen molar-refractivity contribution in [1.29, 1.82) is 0 Å². The lowest BCUT2D eigenvalue weighted by molar-refractivity contribution is -0.150. The molecule has 3 aliphatic rings. The number of hydrogen-bond acceptors (Lipinski definition) is 6. The molecule has 3 amide bonds. The summed E-state index contributed by atoms with van der Waals surface area (Å²) in [5, 5.41) is 16.2. The average molecular weight is 530 g/mol. The number of carbonyl (C=O) groups excluding carboxylic acids is 3. The molecule has 1 spiro atoms. The minimum atomic E-state index is -1.09. The second kappa shape index (κ2) is 11.6. The van der Waals surface area contributed by atoms with Gasteiger partial charge in [0.2, 0.25) is 17.7 Å². The highest BCUT2D eigenvalue weighted by Crippen LogP contribution is 2.64. The van der Waals surface area contributed by atoms with Gasteiger partial charge in [-0.3, -0.25) is 14.4 Å². The molecule has 0 aliphatic carbocycles. The van der Waals surface area contributed by atoms with Crippen molar-refractivity contribution in [3.63, 3.8) is 0 Å². The fourth-order valence-corrected chi connectivity index (χ4v) is 6.87. The summed E-state index contributed by atoms with van der Waals surface area (Å²) in [4.78, 5) is 43.2. The number of nitrogens with zero attached hydrogens (tertiary/aromatic N) is 1. The molecule has 3 N–H and O–H groups in total. The van der Waals surface area contributed by atoms with E-state index in [0.717, 1.165) is 19.3 Å². The highest BCUT2D eigenvalue weighted by Gasteiger charge is 2.79. The van der Waals surface area contributed by atoms with Crippen molar-refractivity contribution in [3.8, 4) is 5.75 Å². The first kappa shape index (κ1) is 28.4. The van der Waals surface area contributed by atoms with Crippen LogP contribution in [0.2, 0.25) is 0 Å². The molecule has 0 saturated carbocycles. The first-order valence-electron chi connectivity index (χ1n) is 14.3. The molecule has 0 radical (unpaired) electrons. The zero-order chi connectivity index (χ0) is 27.5. The number of carbonyl (C=O) groups is 3. The Bertz CT molecular complexity index is 1010. The van der Waals surface area contributed by atoms with Crippen LogP contribution in [0.5, 0.6) is 5.75 Å². The van der Waals surface area contributed by atoms with Gasteiger partial charge < -0.3 is 30.1 Å². The van der Waals surface area contributed by atoms with Gasteiger partial charge >= 0.3 is 0 Å². The van der Waals surface area contributed by atoms with Gasteiger partial charge in [0.25, 0.3) is 0 Å². The lowest BCUT2D eigenvalue weighted by Gasteiger charge is -2.37. The minimum Gasteiger partial charge on any atom is -0.494 e. The summed E-state index contributed by atoms with van der Waals surface area (Å²) in [6, 6.07) is 5.74. The number of amides is 3. The van der Waals surface area contributed by atoms with Gasteiger partial charge in [-0.2, -0.15) is 0 Å². The van der Waals surface area contributed by atoms with Crippen molar-refractivity contribution in [1.82, 2.24) is 10.2 Å². The van der Waals surface area contributed by atoms with Crippen LogP contribution in [-0.4, -0.2) is 70.8 Å². The maximum Gasteiger partial charge on any atom is 0.245 e. The first-order chi connectivity index (χ1) is 18.3. The molecule has 3 heterocycles. The van der Waals surface area contributed by atoms with Crippen LogP contribution >= 0.6 is 0 Å². The van der Waals surface area contributed by atoms with Crippen molar-refractivity contribution in [2.75, 3.05) is 25.1 Å². The molecule has 3 saturated heterocycles. The van der Waals surface area contributed by atoms with Gasteiger partial charge in [-0.1, -0.05) is 33.6 Å². The number of hydrogen-bond donors (Lipinski definition) is 3. The summed E-state index contributed by atoms with van der Waals surface area (Å²) < 4.78 is 12.3. The van der Waals surface area contributed by atoms with E-state index in [4.69, 9.17) is 9.47 Å². The SMILES string of the molecule is CCCCCNC(=O)C1N([C@@H](CC)CO)C(=O)[C@@H]2[C@H](C(=O)Nc3ccc(OCC)cc3)[C@]3(CC)CCC12O3. The third-order valence-electron chi connectivity index (χ3n) is 8.74. The fraction of sp³-hybridized carbons (Fsp3) is 0.690. The van der Waals surface area contributed by atoms with Crippen LogP contribution in [-0.2, 0) is 19.1 Å². The third kappa shape index (κ3) is 4.68. The van der Waals surface area contributed by atoms with Crippen molar-refractivity contribution >= 4 is 23.4 Å². The number of rotatable bonds is 13. The van der Waals surface area contributed by atoms with Gasteiger partial charge in [-0.15, -0.1) is 0 Å². The maximum absolute atomic E-state index is 14.1. The molecule has 2 unspecified atom stereocenters. The van der Waals surface area contributed by atoms with Crippen LogP contribution < -0.4 is 15.4 Å². The van der Waals surface area contributed by atoms with E-state index in [2.05, 4.69) is 17.6 Å². The Morgan fingerprint density at radius 1 is 1.13 bits per heavy atom. The van der Waals surface area contributed by atoms with Gasteiger partial charge in [-0.05, 0) is 63.3 Å². The number of fused-ring (bicyclic) bond motifs is 1. The van der Waals surface area contributed by atoms with Gasteiger partial charge in [0.05, 0.1) is 36.7 Å². The summed E-state index contributed by atoms with van der Waals surface area (Å²) >= 11 is 0. The molecule has 3 aliphatic heterocycles. The van der Waals surface area contributed by atoms with Crippen LogP contribution in [0.15, 0.2) is 24.3 Å². The van der Waals surface area contributed by atoms with Gasteiger partial charge in [0.15, 0.2) is 0 Å². The van der Waals surface area contributed by atoms with Crippen molar-refractivity contribution in [3.05, 3.63) is 24.3 Å². The van der Waals surface area contributed by atoms with E-state index in [1.54, 1.807) is 24.3 Å². The molecule has 2 bridgehead atoms. The summed E-state index contributed by atoms with van der Waals surface area (Å²) in [5.74, 6) is -1.63. The molecule has 9 heteroatoms. The monoisotopic (exact) mass is 529 g/mol. The largest absolute Gasteiger partial charge is 0.494 e. The summed E-state index contributed by atoms with van der Waals surface area (Å²) in [5.41, 5.74) is -1.30. The van der Waals surface area contributed by atoms with Crippen LogP contribution in [0.3, 0.4) is 0 Å². The van der Waals surface area contributed by atoms with Crippen molar-refractivity contribution < 1.29 is 29.0 Å². The van der Waals surface area contributed by atoms with E-state index < -0.39 is 35.1 Å². The molecule has 1 aromatic carbocycles. The number of aliphatic hydroxyl groups excluding tert-OH is 1. The molecule has 3 fully saturated rings. The summed E-state index contributed by atoms with van der Waals surface area (Å²) in [6.45, 7) is 8.68. The Morgan fingerprint density at radius 3 is 2.47 bits per heavy atom. The molecule has 9 nitrogen and oxygen atoms in total. The topological polar surface area (TPSA) is 117 Å². The lowest BCUT2D eigenvalue weighted by atomic mass is 9.65. The predicted octanol–water partition coefficient (Wildman–Crippen LogP) is 3.26. The number of unbranched alkanes of at least 4 members (excludes halogenated alkanes) is 2. The van der Waals surface area contributed by atoms with E-state index in [1.165, 1.54) is 4.90 Å². The Hall–Kier alpha value is -2.65. The minimum absolute atomic E-state index is 0.257. The highest BCUT2D eigenvalue weighted by atomic mass is 16.5. The van der Waals surface area contributed by atoms with Gasteiger partial charge in [-0.25, -0.2) is 0 Å². The van der Waals surface area contributed by atoms with Crippen molar-refractivity contribution in [2.45, 2.75) is 95.9 Å². The number of anilines is 1. The number of nitrogens with one attached hydrogen (secondary N) is 2. The molecule has 0 aromatic heterocycles. The van der Waals surface area contributed by atoms with Crippen LogP contribution in [0.1, 0.15) is 72.6 Å². The lowest BCUT2D eigenvalue weighted by Crippen LogP contribution is -2.58. The zero-order valence-electron chi connectivity index (χ0n) is 23.1. The van der Waals surface area contributed by atoms with E-state index in [-0.39, 0.29) is 24.3 Å². The van der Waals surface area contributed by atoms with Crippen LogP contribution in [0.25, 0.3) is 0 Å². The number of aliphatic hydroxyl groups is 1. The van der Waals surface area contributed by atoms with Crippen molar-refractivity contribution in [2.24, 2.45) is 11.8 Å². The van der Waals surface area contributed by atoms with E-state index >= 15 is 0 Å². The first-order valence-corrected chi connectivity index (χ1v) is 14.3. The van der Waals surface area contributed by atoms with E-state index in [1.807, 2.05) is 20.8 Å². The summed E-state index contributed by atoms with van der Waals surface area (Å²) in [6.07, 6.45) is 5.05. The van der Waals surface area contributed by atoms with Crippen LogP contribution in [0, 0.1) is 11.8 Å². The molecular formula is C29H43N3O6. The normalized spacial score (nSPS) is 30.3. The number of ether oxygens (including phenoxy) is 2. The second-order valence-corrected chi connectivity index (χ2v) is 10.8. The Balaban J connectivity index is 1.66. The van der Waals surface area contributed by atoms with Gasteiger partial charge in [0, 0.05) is 12.2 Å². The standard InChI is InChI=1S/C29H43N3O6/c1-5-9-10-17-30-26(35)24-29-16-15-28(7-3,38-29)22(23(29)27(36)32(24)20(6-2)18-33)25(34)31-19-11-13-21(14-12-19)37-8-4/h11-14,20,22-24,33H,5-10,15-18H2,1-4H3,(H,30,35)(H,31,34)/t20-,22+,23-,24?,28-,29?/m0/s1. The molecule has 38 heavy (non-hydrogen) atoms. The number of likely N-dealkylation sites (tertiary alicyclic amines) is 1. The van der Waals surface area contributed by atoms with E-state index in [0.29, 0.717) is 50.3 Å². The van der Waals surface area contributed by atoms with E-state index in [9.17, 15) is 19.5 Å². The Morgan fingerprint density at radius 2 is 1.87 bits per heavy atom. The molecule has 4 rings (SSSR count). The third-order valence-corrected chi connectivity index (χ3v) is 8.74. The fourth-order valence-electron chi connectivity index (χ4n) is 6.87. The number of benzene rings is 1. The average Bonchev–Trinajstić information content (AvgIpc) is 3.52. The molecule has 1 aromatic rings. The zero-order valence-corrected chi connectivity index (χ0v) is 23.1. The predicted molar refractivity (Wildman–Crippen MR) is 144 cm³/mol.